The molecule has 0 aromatic heterocycles. The molecule has 3 rings (SSSR count). The summed E-state index contributed by atoms with van der Waals surface area (Å²) >= 11 is 6.79. The largest absolute Gasteiger partial charge is 0.497 e. The number of aldehydes is 1. The number of rotatable bonds is 12. The van der Waals surface area contributed by atoms with Crippen LogP contribution in [0.2, 0.25) is 0 Å². The fourth-order valence-corrected chi connectivity index (χ4v) is 5.01. The van der Waals surface area contributed by atoms with Gasteiger partial charge in [-0.2, -0.15) is 0 Å². The van der Waals surface area contributed by atoms with Gasteiger partial charge in [0.15, 0.2) is 0 Å². The van der Waals surface area contributed by atoms with Gasteiger partial charge in [-0.05, 0) is 49.6 Å². The first-order valence-electron chi connectivity index (χ1n) is 12.0. The number of hydrogen-bond donors (Lipinski definition) is 1. The lowest BCUT2D eigenvalue weighted by Crippen LogP contribution is -2.59. The molecule has 2 N–H and O–H groups in total. The number of methoxy groups -OCH3 is 2. The van der Waals surface area contributed by atoms with E-state index in [1.807, 2.05) is 36.4 Å². The average Bonchev–Trinajstić information content (AvgIpc) is 2.86. The number of likely N-dealkylation sites (tertiary alicyclic amines) is 1. The minimum absolute atomic E-state index is 0. The van der Waals surface area contributed by atoms with E-state index < -0.39 is 5.54 Å². The van der Waals surface area contributed by atoms with Crippen LogP contribution in [-0.4, -0.2) is 49.4 Å². The van der Waals surface area contributed by atoms with Crippen molar-refractivity contribution in [2.24, 2.45) is 5.73 Å². The molecule has 0 amide bonds. The Kier molecular flexibility index (Phi) is 11.6. The second kappa shape index (κ2) is 13.9. The van der Waals surface area contributed by atoms with Crippen LogP contribution in [0.5, 0.6) is 17.2 Å². The number of carbonyl (C=O) groups excluding carboxylic acids is 1. The molecule has 1 heterocycles. The van der Waals surface area contributed by atoms with E-state index in [1.54, 1.807) is 14.2 Å². The summed E-state index contributed by atoms with van der Waals surface area (Å²) in [5.41, 5.74) is 8.24. The molecule has 1 aliphatic rings. The first-order chi connectivity index (χ1) is 16.4. The van der Waals surface area contributed by atoms with Crippen LogP contribution < -0.4 is 19.9 Å². The maximum Gasteiger partial charge on any atom is 0.124 e. The fraction of sp³-hybridized carbons (Fsp3) is 0.519. The Labute approximate surface area is 220 Å². The van der Waals surface area contributed by atoms with E-state index in [0.29, 0.717) is 32.4 Å². The molecule has 2 aromatic carbocycles. The number of nitrogens with two attached hydrogens (primary N) is 1. The van der Waals surface area contributed by atoms with Gasteiger partial charge in [0.25, 0.3) is 0 Å². The van der Waals surface area contributed by atoms with Crippen molar-refractivity contribution in [1.82, 2.24) is 4.90 Å². The van der Waals surface area contributed by atoms with E-state index in [2.05, 4.69) is 17.9 Å². The lowest BCUT2D eigenvalue weighted by molar-refractivity contribution is -0.108. The van der Waals surface area contributed by atoms with Crippen LogP contribution in [0.1, 0.15) is 56.2 Å². The maximum atomic E-state index is 11.1. The van der Waals surface area contributed by atoms with E-state index >= 15 is 0 Å². The molecule has 3 unspecified atom stereocenters. The SMILES string of the molecule is CCCCN1CC(Cl)C(N)(CCC=O)CC1c1ccccc1OCc1cc(OC)cc(OC)c1.Cl. The number of ether oxygens (including phenoxy) is 3. The normalized spacial score (nSPS) is 22.2. The van der Waals surface area contributed by atoms with Crippen molar-refractivity contribution >= 4 is 30.3 Å². The Morgan fingerprint density at radius 3 is 2.49 bits per heavy atom. The molecule has 0 saturated carbocycles. The van der Waals surface area contributed by atoms with Crippen molar-refractivity contribution in [3.05, 3.63) is 53.6 Å². The van der Waals surface area contributed by atoms with Crippen LogP contribution >= 0.6 is 24.0 Å². The van der Waals surface area contributed by atoms with Crippen molar-refractivity contribution in [3.8, 4) is 17.2 Å². The molecule has 6 nitrogen and oxygen atoms in total. The van der Waals surface area contributed by atoms with Gasteiger partial charge in [-0.1, -0.05) is 31.5 Å². The fourth-order valence-electron chi connectivity index (χ4n) is 4.63. The molecule has 1 aliphatic heterocycles. The first kappa shape index (κ1) is 29.2. The zero-order valence-corrected chi connectivity index (χ0v) is 22.4. The van der Waals surface area contributed by atoms with E-state index in [4.69, 9.17) is 31.5 Å². The second-order valence-corrected chi connectivity index (χ2v) is 9.55. The third-order valence-corrected chi connectivity index (χ3v) is 7.22. The van der Waals surface area contributed by atoms with Gasteiger partial charge in [0, 0.05) is 36.2 Å². The minimum Gasteiger partial charge on any atom is -0.497 e. The molecule has 0 radical (unpaired) electrons. The molecule has 35 heavy (non-hydrogen) atoms. The van der Waals surface area contributed by atoms with Gasteiger partial charge in [0.2, 0.25) is 0 Å². The molecular formula is C27H38Cl2N2O4. The minimum atomic E-state index is -0.608. The lowest BCUT2D eigenvalue weighted by Gasteiger charge is -2.48. The zero-order valence-electron chi connectivity index (χ0n) is 20.9. The first-order valence-corrected chi connectivity index (χ1v) is 12.4. The molecule has 1 saturated heterocycles. The molecule has 0 spiro atoms. The third kappa shape index (κ3) is 7.50. The lowest BCUT2D eigenvalue weighted by atomic mass is 9.78. The molecule has 1 fully saturated rings. The highest BCUT2D eigenvalue weighted by molar-refractivity contribution is 6.21. The molecule has 194 valence electrons. The predicted octanol–water partition coefficient (Wildman–Crippen LogP) is 5.54. The number of alkyl halides is 1. The third-order valence-electron chi connectivity index (χ3n) is 6.64. The molecule has 8 heteroatoms. The van der Waals surface area contributed by atoms with Crippen molar-refractivity contribution in [2.75, 3.05) is 27.3 Å². The van der Waals surface area contributed by atoms with Crippen LogP contribution in [0.4, 0.5) is 0 Å². The van der Waals surface area contributed by atoms with Gasteiger partial charge in [-0.3, -0.25) is 4.90 Å². The number of carbonyl (C=O) groups is 1. The summed E-state index contributed by atoms with van der Waals surface area (Å²) in [5.74, 6) is 2.27. The van der Waals surface area contributed by atoms with E-state index in [-0.39, 0.29) is 23.8 Å². The van der Waals surface area contributed by atoms with Crippen molar-refractivity contribution < 1.29 is 19.0 Å². The maximum absolute atomic E-state index is 11.1. The standard InChI is InChI=1S/C27H37ClN2O4.ClH/c1-4-5-12-30-18-26(28)27(29,11-8-13-31)17-24(30)23-9-6-7-10-25(23)34-19-20-14-21(32-2)16-22(15-20)33-3;/h6-7,9-10,13-16,24,26H,4-5,8,11-12,17-19,29H2,1-3H3;1H. The molecular weight excluding hydrogens is 487 g/mol. The van der Waals surface area contributed by atoms with Gasteiger partial charge in [-0.25, -0.2) is 0 Å². The topological polar surface area (TPSA) is 74.0 Å². The molecule has 0 aliphatic carbocycles. The van der Waals surface area contributed by atoms with Crippen LogP contribution in [0.15, 0.2) is 42.5 Å². The summed E-state index contributed by atoms with van der Waals surface area (Å²) in [5, 5.41) is -0.210. The van der Waals surface area contributed by atoms with Gasteiger partial charge in [0.1, 0.15) is 30.1 Å². The molecule has 0 bridgehead atoms. The number of nitrogens with zero attached hydrogens (tertiary/aromatic N) is 1. The monoisotopic (exact) mass is 524 g/mol. The van der Waals surface area contributed by atoms with Crippen molar-refractivity contribution in [1.29, 1.82) is 0 Å². The predicted molar refractivity (Wildman–Crippen MR) is 143 cm³/mol. The highest BCUT2D eigenvalue weighted by Crippen LogP contribution is 2.42. The molecule has 2 aromatic rings. The zero-order chi connectivity index (χ0) is 24.6. The average molecular weight is 526 g/mol. The summed E-state index contributed by atoms with van der Waals surface area (Å²) in [6, 6.07) is 13.9. The van der Waals surface area contributed by atoms with Gasteiger partial charge < -0.3 is 24.7 Å². The number of unbranched alkanes of at least 4 members (excludes halogenated alkanes) is 1. The summed E-state index contributed by atoms with van der Waals surface area (Å²) in [4.78, 5) is 13.5. The van der Waals surface area contributed by atoms with Gasteiger partial charge in [0.05, 0.1) is 19.6 Å². The van der Waals surface area contributed by atoms with Crippen molar-refractivity contribution in [3.63, 3.8) is 0 Å². The van der Waals surface area contributed by atoms with Crippen LogP contribution in [0, 0.1) is 0 Å². The number of piperidine rings is 1. The summed E-state index contributed by atoms with van der Waals surface area (Å²) in [6.07, 6.45) is 4.78. The Balaban J connectivity index is 0.00000432. The van der Waals surface area contributed by atoms with E-state index in [9.17, 15) is 4.79 Å². The Morgan fingerprint density at radius 2 is 1.86 bits per heavy atom. The van der Waals surface area contributed by atoms with Crippen molar-refractivity contribution in [2.45, 2.75) is 62.6 Å². The highest BCUT2D eigenvalue weighted by atomic mass is 35.5. The van der Waals surface area contributed by atoms with Crippen LogP contribution in [0.25, 0.3) is 0 Å². The highest BCUT2D eigenvalue weighted by Gasteiger charge is 2.44. The van der Waals surface area contributed by atoms with Gasteiger partial charge >= 0.3 is 0 Å². The quantitative estimate of drug-likeness (QED) is 0.290. The summed E-state index contributed by atoms with van der Waals surface area (Å²) < 4.78 is 17.1. The number of halogens is 2. The molecule has 3 atom stereocenters. The Hall–Kier alpha value is -1.99. The smallest absolute Gasteiger partial charge is 0.124 e. The number of hydrogen-bond acceptors (Lipinski definition) is 6. The van der Waals surface area contributed by atoms with E-state index in [0.717, 1.165) is 54.0 Å². The number of para-hydroxylation sites is 1. The second-order valence-electron chi connectivity index (χ2n) is 9.02. The van der Waals surface area contributed by atoms with Gasteiger partial charge in [-0.15, -0.1) is 24.0 Å². The van der Waals surface area contributed by atoms with Crippen LogP contribution in [-0.2, 0) is 11.4 Å². The summed E-state index contributed by atoms with van der Waals surface area (Å²) in [6.45, 7) is 4.19. The summed E-state index contributed by atoms with van der Waals surface area (Å²) in [7, 11) is 3.27. The number of benzene rings is 2. The van der Waals surface area contributed by atoms with Crippen LogP contribution in [0.3, 0.4) is 0 Å². The Morgan fingerprint density at radius 1 is 1.17 bits per heavy atom. The Bertz CT molecular complexity index is 923. The van der Waals surface area contributed by atoms with E-state index in [1.165, 1.54) is 0 Å².